The first-order valence-electron chi connectivity index (χ1n) is 9.30. The van der Waals surface area contributed by atoms with Gasteiger partial charge in [-0.2, -0.15) is 18.2 Å². The molecule has 11 heteroatoms. The van der Waals surface area contributed by atoms with Gasteiger partial charge in [0.15, 0.2) is 0 Å². The van der Waals surface area contributed by atoms with Crippen LogP contribution < -0.4 is 5.32 Å². The Morgan fingerprint density at radius 2 is 1.87 bits per heavy atom. The maximum absolute atomic E-state index is 12.9. The minimum Gasteiger partial charge on any atom is -0.465 e. The Kier molecular flexibility index (Phi) is 5.96. The van der Waals surface area contributed by atoms with Crippen LogP contribution in [-0.4, -0.2) is 38.6 Å². The Morgan fingerprint density at radius 1 is 1.16 bits per heavy atom. The topological polar surface area (TPSA) is 98.5 Å². The minimum atomic E-state index is -4.68. The first kappa shape index (κ1) is 22.2. The van der Waals surface area contributed by atoms with Crippen molar-refractivity contribution in [2.75, 3.05) is 12.4 Å². The summed E-state index contributed by atoms with van der Waals surface area (Å²) in [5.74, 6) is -2.37. The Hall–Kier alpha value is -3.50. The quantitative estimate of drug-likeness (QED) is 0.617. The molecule has 0 aliphatic heterocycles. The van der Waals surface area contributed by atoms with Crippen LogP contribution in [0.25, 0.3) is 5.78 Å². The summed E-state index contributed by atoms with van der Waals surface area (Å²) in [5, 5.41) is 6.22. The number of nitrogens with zero attached hydrogens (tertiary/aromatic N) is 4. The number of esters is 1. The van der Waals surface area contributed by atoms with E-state index in [1.807, 2.05) is 0 Å². The normalized spacial score (nSPS) is 11.6. The number of carbonyl (C=O) groups is 2. The number of rotatable bonds is 5. The van der Waals surface area contributed by atoms with Gasteiger partial charge in [0.25, 0.3) is 11.6 Å². The molecule has 1 aromatic carbocycles. The minimum absolute atomic E-state index is 0.0185. The number of alkyl halides is 3. The zero-order chi connectivity index (χ0) is 22.9. The molecule has 0 saturated carbocycles. The monoisotopic (exact) mass is 435 g/mol. The number of hydrogen-bond acceptors (Lipinski definition) is 6. The molecule has 3 aromatic rings. The molecule has 0 spiro atoms. The molecular formula is C20H20F3N5O3. The molecule has 31 heavy (non-hydrogen) atoms. The molecule has 0 saturated heterocycles. The van der Waals surface area contributed by atoms with Crippen LogP contribution in [0, 0.1) is 20.8 Å². The average molecular weight is 435 g/mol. The number of ether oxygens (including phenoxy) is 1. The number of amides is 1. The van der Waals surface area contributed by atoms with Gasteiger partial charge in [0, 0.05) is 17.8 Å². The molecule has 1 amide bonds. The van der Waals surface area contributed by atoms with Crippen molar-refractivity contribution in [3.8, 4) is 0 Å². The highest BCUT2D eigenvalue weighted by atomic mass is 19.4. The second-order valence-electron chi connectivity index (χ2n) is 6.94. The Balaban J connectivity index is 1.82. The van der Waals surface area contributed by atoms with E-state index in [4.69, 9.17) is 4.74 Å². The van der Waals surface area contributed by atoms with E-state index in [0.717, 1.165) is 4.52 Å². The van der Waals surface area contributed by atoms with Crippen molar-refractivity contribution >= 4 is 23.3 Å². The number of fused-ring (bicyclic) bond motifs is 1. The fraction of sp³-hybridized carbons (Fsp3) is 0.350. The lowest BCUT2D eigenvalue weighted by Gasteiger charge is -2.14. The summed E-state index contributed by atoms with van der Waals surface area (Å²) in [7, 11) is 1.25. The lowest BCUT2D eigenvalue weighted by molar-refractivity contribution is -0.144. The molecule has 8 nitrogen and oxygen atoms in total. The maximum atomic E-state index is 12.9. The van der Waals surface area contributed by atoms with Crippen LogP contribution in [0.5, 0.6) is 0 Å². The van der Waals surface area contributed by atoms with Gasteiger partial charge in [-0.05, 0) is 44.4 Å². The van der Waals surface area contributed by atoms with Crippen LogP contribution in [0.3, 0.4) is 0 Å². The van der Waals surface area contributed by atoms with Crippen molar-refractivity contribution in [2.45, 2.75) is 39.8 Å². The third-order valence-corrected chi connectivity index (χ3v) is 4.85. The van der Waals surface area contributed by atoms with Crippen LogP contribution in [0.2, 0.25) is 0 Å². The fourth-order valence-electron chi connectivity index (χ4n) is 3.24. The van der Waals surface area contributed by atoms with Crippen molar-refractivity contribution in [1.82, 2.24) is 19.6 Å². The van der Waals surface area contributed by atoms with Crippen molar-refractivity contribution in [2.24, 2.45) is 0 Å². The number of anilines is 1. The number of aromatic nitrogens is 4. The maximum Gasteiger partial charge on any atom is 0.453 e. The predicted molar refractivity (Wildman–Crippen MR) is 105 cm³/mol. The van der Waals surface area contributed by atoms with Gasteiger partial charge in [0.2, 0.25) is 5.91 Å². The van der Waals surface area contributed by atoms with Gasteiger partial charge < -0.3 is 10.1 Å². The lowest BCUT2D eigenvalue weighted by Crippen LogP contribution is -2.17. The highest BCUT2D eigenvalue weighted by Crippen LogP contribution is 2.27. The van der Waals surface area contributed by atoms with E-state index < -0.39 is 18.0 Å². The summed E-state index contributed by atoms with van der Waals surface area (Å²) < 4.78 is 44.5. The third kappa shape index (κ3) is 4.49. The molecule has 0 atom stereocenters. The van der Waals surface area contributed by atoms with Crippen LogP contribution >= 0.6 is 0 Å². The van der Waals surface area contributed by atoms with Crippen LogP contribution in [-0.2, 0) is 22.1 Å². The molecule has 1 N–H and O–H groups in total. The molecule has 2 aromatic heterocycles. The summed E-state index contributed by atoms with van der Waals surface area (Å²) >= 11 is 0. The summed E-state index contributed by atoms with van der Waals surface area (Å²) in [6.07, 6.45) is -4.45. The smallest absolute Gasteiger partial charge is 0.453 e. The SMILES string of the molecule is COC(=O)c1cccc(C)c1NC(=O)CCc1c(C)nc2nc(C(F)(F)F)nn2c1C. The number of halogens is 3. The molecule has 0 bridgehead atoms. The Morgan fingerprint density at radius 3 is 2.52 bits per heavy atom. The molecule has 2 heterocycles. The fourth-order valence-corrected chi connectivity index (χ4v) is 3.24. The predicted octanol–water partition coefficient (Wildman–Crippen LogP) is 3.43. The summed E-state index contributed by atoms with van der Waals surface area (Å²) in [4.78, 5) is 32.0. The van der Waals surface area contributed by atoms with Gasteiger partial charge in [-0.15, -0.1) is 5.10 Å². The number of nitrogens with one attached hydrogen (secondary N) is 1. The van der Waals surface area contributed by atoms with E-state index in [2.05, 4.69) is 20.4 Å². The number of benzene rings is 1. The second kappa shape index (κ2) is 8.32. The molecule has 0 fully saturated rings. The van der Waals surface area contributed by atoms with Gasteiger partial charge in [-0.3, -0.25) is 4.79 Å². The van der Waals surface area contributed by atoms with E-state index >= 15 is 0 Å². The van der Waals surface area contributed by atoms with Crippen LogP contribution in [0.4, 0.5) is 18.9 Å². The zero-order valence-corrected chi connectivity index (χ0v) is 17.3. The molecular weight excluding hydrogens is 415 g/mol. The highest BCUT2D eigenvalue weighted by molar-refractivity contribution is 6.02. The van der Waals surface area contributed by atoms with Crippen molar-refractivity contribution < 1.29 is 27.5 Å². The first-order valence-corrected chi connectivity index (χ1v) is 9.30. The molecule has 0 unspecified atom stereocenters. The second-order valence-corrected chi connectivity index (χ2v) is 6.94. The van der Waals surface area contributed by atoms with E-state index in [1.165, 1.54) is 7.11 Å². The molecule has 0 aliphatic rings. The number of methoxy groups -OCH3 is 1. The zero-order valence-electron chi connectivity index (χ0n) is 17.3. The van der Waals surface area contributed by atoms with Crippen molar-refractivity contribution in [3.63, 3.8) is 0 Å². The molecule has 0 radical (unpaired) electrons. The van der Waals surface area contributed by atoms with E-state index in [9.17, 15) is 22.8 Å². The van der Waals surface area contributed by atoms with E-state index in [1.54, 1.807) is 39.0 Å². The van der Waals surface area contributed by atoms with E-state index in [0.29, 0.717) is 28.2 Å². The van der Waals surface area contributed by atoms with Crippen molar-refractivity contribution in [1.29, 1.82) is 0 Å². The van der Waals surface area contributed by atoms with Crippen molar-refractivity contribution in [3.05, 3.63) is 52.1 Å². The largest absolute Gasteiger partial charge is 0.465 e. The van der Waals surface area contributed by atoms with Gasteiger partial charge in [-0.25, -0.2) is 14.3 Å². The molecule has 0 aliphatic carbocycles. The molecule has 3 rings (SSSR count). The van der Waals surface area contributed by atoms with Gasteiger partial charge in [-0.1, -0.05) is 12.1 Å². The standard InChI is InChI=1S/C20H20F3N5O3/c1-10-6-5-7-14(17(30)31-4)16(10)25-15(29)9-8-13-11(2)24-19-26-18(20(21,22)23)27-28(19)12(13)3/h5-7H,8-9H2,1-4H3,(H,25,29). The summed E-state index contributed by atoms with van der Waals surface area (Å²) in [6, 6.07) is 4.97. The molecule has 164 valence electrons. The average Bonchev–Trinajstić information content (AvgIpc) is 3.13. The summed E-state index contributed by atoms with van der Waals surface area (Å²) in [6.45, 7) is 4.98. The third-order valence-electron chi connectivity index (χ3n) is 4.85. The number of para-hydroxylation sites is 1. The van der Waals surface area contributed by atoms with Gasteiger partial charge in [0.1, 0.15) is 0 Å². The van der Waals surface area contributed by atoms with Crippen LogP contribution in [0.15, 0.2) is 18.2 Å². The number of aryl methyl sites for hydroxylation is 3. The lowest BCUT2D eigenvalue weighted by atomic mass is 10.1. The Bertz CT molecular complexity index is 1170. The van der Waals surface area contributed by atoms with E-state index in [-0.39, 0.29) is 30.1 Å². The van der Waals surface area contributed by atoms with Gasteiger partial charge >= 0.3 is 12.1 Å². The first-order chi connectivity index (χ1) is 14.5. The number of hydrogen-bond donors (Lipinski definition) is 1. The number of carbonyl (C=O) groups excluding carboxylic acids is 2. The summed E-state index contributed by atoms with van der Waals surface area (Å²) in [5.41, 5.74) is 2.75. The van der Waals surface area contributed by atoms with Gasteiger partial charge in [0.05, 0.1) is 18.4 Å². The highest BCUT2D eigenvalue weighted by Gasteiger charge is 2.37. The van der Waals surface area contributed by atoms with Crippen LogP contribution in [0.1, 0.15) is 45.1 Å². The Labute approximate surface area is 175 Å².